The third-order valence-electron chi connectivity index (χ3n) is 2.91. The maximum atomic E-state index is 10.9. The molecule has 1 aliphatic heterocycles. The van der Waals surface area contributed by atoms with E-state index in [9.17, 15) is 4.79 Å². The Labute approximate surface area is 79.7 Å². The van der Waals surface area contributed by atoms with E-state index in [1.807, 2.05) is 0 Å². The van der Waals surface area contributed by atoms with Crippen LogP contribution >= 0.6 is 0 Å². The summed E-state index contributed by atoms with van der Waals surface area (Å²) in [5.74, 6) is -0.748. The number of likely N-dealkylation sites (tertiary alicyclic amines) is 1. The van der Waals surface area contributed by atoms with Gasteiger partial charge in [0.05, 0.1) is 5.92 Å². The van der Waals surface area contributed by atoms with Crippen molar-refractivity contribution in [2.24, 2.45) is 5.92 Å². The summed E-state index contributed by atoms with van der Waals surface area (Å²) in [6, 6.07) is 0.275. The Kier molecular flexibility index (Phi) is 3.72. The number of carboxylic acid groups (broad SMARTS) is 1. The monoisotopic (exact) mass is 185 g/mol. The third kappa shape index (κ3) is 2.21. The molecule has 2 atom stereocenters. The molecule has 0 spiro atoms. The van der Waals surface area contributed by atoms with Gasteiger partial charge < -0.3 is 5.11 Å². The molecular formula is C10H19NO2. The highest BCUT2D eigenvalue weighted by Crippen LogP contribution is 2.26. The molecule has 1 rings (SSSR count). The highest BCUT2D eigenvalue weighted by atomic mass is 16.4. The molecule has 0 amide bonds. The Morgan fingerprint density at radius 1 is 1.54 bits per heavy atom. The average molecular weight is 185 g/mol. The van der Waals surface area contributed by atoms with Gasteiger partial charge in [0.15, 0.2) is 0 Å². The van der Waals surface area contributed by atoms with Crippen molar-refractivity contribution in [2.45, 2.75) is 39.2 Å². The van der Waals surface area contributed by atoms with Crippen molar-refractivity contribution < 1.29 is 9.90 Å². The quantitative estimate of drug-likeness (QED) is 0.723. The van der Waals surface area contributed by atoms with Crippen LogP contribution in [0, 0.1) is 5.92 Å². The van der Waals surface area contributed by atoms with Crippen molar-refractivity contribution in [1.29, 1.82) is 0 Å². The van der Waals surface area contributed by atoms with E-state index >= 15 is 0 Å². The van der Waals surface area contributed by atoms with Crippen LogP contribution in [0.4, 0.5) is 0 Å². The van der Waals surface area contributed by atoms with Gasteiger partial charge in [0.25, 0.3) is 0 Å². The molecule has 1 saturated heterocycles. The van der Waals surface area contributed by atoms with E-state index in [2.05, 4.69) is 18.7 Å². The highest BCUT2D eigenvalue weighted by Gasteiger charge is 2.36. The van der Waals surface area contributed by atoms with Crippen molar-refractivity contribution in [3.05, 3.63) is 0 Å². The van der Waals surface area contributed by atoms with Crippen LogP contribution in [0.2, 0.25) is 0 Å². The van der Waals surface area contributed by atoms with Crippen LogP contribution in [0.15, 0.2) is 0 Å². The zero-order chi connectivity index (χ0) is 9.84. The first kappa shape index (κ1) is 10.5. The molecule has 1 heterocycles. The first-order valence-corrected chi connectivity index (χ1v) is 5.17. The lowest BCUT2D eigenvalue weighted by atomic mass is 9.98. The van der Waals surface area contributed by atoms with Crippen LogP contribution < -0.4 is 0 Å². The molecule has 0 saturated carbocycles. The normalized spacial score (nSPS) is 29.4. The maximum Gasteiger partial charge on any atom is 0.308 e. The lowest BCUT2D eigenvalue weighted by Crippen LogP contribution is -2.35. The van der Waals surface area contributed by atoms with Crippen LogP contribution in [-0.4, -0.2) is 35.1 Å². The third-order valence-corrected chi connectivity index (χ3v) is 2.91. The van der Waals surface area contributed by atoms with Gasteiger partial charge in [-0.25, -0.2) is 0 Å². The zero-order valence-corrected chi connectivity index (χ0v) is 8.49. The summed E-state index contributed by atoms with van der Waals surface area (Å²) in [4.78, 5) is 13.2. The SMILES string of the molecule is CCCN1CC[C@H](C(=O)O)[C@H]1CC. The molecule has 0 aliphatic carbocycles. The Morgan fingerprint density at radius 2 is 2.23 bits per heavy atom. The molecule has 1 fully saturated rings. The zero-order valence-electron chi connectivity index (χ0n) is 8.49. The average Bonchev–Trinajstić information content (AvgIpc) is 2.48. The van der Waals surface area contributed by atoms with Crippen LogP contribution in [0.5, 0.6) is 0 Å². The fourth-order valence-electron chi connectivity index (χ4n) is 2.31. The first-order chi connectivity index (χ1) is 6.20. The van der Waals surface area contributed by atoms with E-state index in [1.54, 1.807) is 0 Å². The van der Waals surface area contributed by atoms with Gasteiger partial charge in [-0.05, 0) is 32.4 Å². The van der Waals surface area contributed by atoms with Gasteiger partial charge in [-0.1, -0.05) is 13.8 Å². The Bertz CT molecular complexity index is 182. The number of nitrogens with zero attached hydrogens (tertiary/aromatic N) is 1. The molecule has 3 nitrogen and oxygen atoms in total. The van der Waals surface area contributed by atoms with Crippen molar-refractivity contribution >= 4 is 5.97 Å². The molecule has 0 radical (unpaired) electrons. The van der Waals surface area contributed by atoms with Crippen LogP contribution in [-0.2, 0) is 4.79 Å². The summed E-state index contributed by atoms with van der Waals surface area (Å²) in [5.41, 5.74) is 0. The molecule has 13 heavy (non-hydrogen) atoms. The van der Waals surface area contributed by atoms with Crippen LogP contribution in [0.3, 0.4) is 0 Å². The second-order valence-corrected chi connectivity index (χ2v) is 3.74. The summed E-state index contributed by atoms with van der Waals surface area (Å²) in [6.45, 7) is 6.22. The molecule has 0 aromatic rings. The minimum Gasteiger partial charge on any atom is -0.481 e. The number of rotatable bonds is 4. The van der Waals surface area contributed by atoms with Crippen LogP contribution in [0.25, 0.3) is 0 Å². The van der Waals surface area contributed by atoms with E-state index in [0.717, 1.165) is 32.4 Å². The van der Waals surface area contributed by atoms with Crippen molar-refractivity contribution in [1.82, 2.24) is 4.90 Å². The lowest BCUT2D eigenvalue weighted by molar-refractivity contribution is -0.142. The molecule has 1 N–H and O–H groups in total. The summed E-state index contributed by atoms with van der Waals surface area (Å²) in [6.07, 6.45) is 2.90. The maximum absolute atomic E-state index is 10.9. The van der Waals surface area contributed by atoms with Crippen molar-refractivity contribution in [2.75, 3.05) is 13.1 Å². The predicted molar refractivity (Wildman–Crippen MR) is 51.7 cm³/mol. The van der Waals surface area contributed by atoms with Gasteiger partial charge in [0.2, 0.25) is 0 Å². The number of hydrogen-bond acceptors (Lipinski definition) is 2. The van der Waals surface area contributed by atoms with E-state index in [4.69, 9.17) is 5.11 Å². The largest absolute Gasteiger partial charge is 0.481 e. The fraction of sp³-hybridized carbons (Fsp3) is 0.900. The van der Waals surface area contributed by atoms with E-state index in [1.165, 1.54) is 0 Å². The summed E-state index contributed by atoms with van der Waals surface area (Å²) >= 11 is 0. The van der Waals surface area contributed by atoms with Gasteiger partial charge in [-0.3, -0.25) is 9.69 Å². The molecule has 0 aromatic carbocycles. The highest BCUT2D eigenvalue weighted by molar-refractivity contribution is 5.71. The van der Waals surface area contributed by atoms with Crippen LogP contribution in [0.1, 0.15) is 33.1 Å². The summed E-state index contributed by atoms with van der Waals surface area (Å²) < 4.78 is 0. The summed E-state index contributed by atoms with van der Waals surface area (Å²) in [5, 5.41) is 8.97. The molecule has 0 unspecified atom stereocenters. The smallest absolute Gasteiger partial charge is 0.308 e. The predicted octanol–water partition coefficient (Wildman–Crippen LogP) is 1.58. The molecular weight excluding hydrogens is 166 g/mol. The van der Waals surface area contributed by atoms with Gasteiger partial charge in [0.1, 0.15) is 0 Å². The van der Waals surface area contributed by atoms with Crippen molar-refractivity contribution in [3.8, 4) is 0 Å². The van der Waals surface area contributed by atoms with Gasteiger partial charge in [-0.15, -0.1) is 0 Å². The number of carbonyl (C=O) groups is 1. The molecule has 3 heteroatoms. The van der Waals surface area contributed by atoms with Gasteiger partial charge in [0, 0.05) is 6.04 Å². The number of hydrogen-bond donors (Lipinski definition) is 1. The van der Waals surface area contributed by atoms with E-state index in [-0.39, 0.29) is 12.0 Å². The second kappa shape index (κ2) is 4.61. The molecule has 0 aromatic heterocycles. The Balaban J connectivity index is 2.57. The van der Waals surface area contributed by atoms with E-state index in [0.29, 0.717) is 0 Å². The fourth-order valence-corrected chi connectivity index (χ4v) is 2.31. The van der Waals surface area contributed by atoms with E-state index < -0.39 is 5.97 Å². The first-order valence-electron chi connectivity index (χ1n) is 5.17. The topological polar surface area (TPSA) is 40.5 Å². The Hall–Kier alpha value is -0.570. The number of aliphatic carboxylic acids is 1. The second-order valence-electron chi connectivity index (χ2n) is 3.74. The summed E-state index contributed by atoms with van der Waals surface area (Å²) in [7, 11) is 0. The number of carboxylic acids is 1. The van der Waals surface area contributed by atoms with Crippen molar-refractivity contribution in [3.63, 3.8) is 0 Å². The molecule has 0 bridgehead atoms. The minimum absolute atomic E-state index is 0.128. The molecule has 76 valence electrons. The van der Waals surface area contributed by atoms with Gasteiger partial charge >= 0.3 is 5.97 Å². The minimum atomic E-state index is -0.620. The molecule has 1 aliphatic rings. The lowest BCUT2D eigenvalue weighted by Gasteiger charge is -2.24. The van der Waals surface area contributed by atoms with Gasteiger partial charge in [-0.2, -0.15) is 0 Å². The standard InChI is InChI=1S/C10H19NO2/c1-3-6-11-7-5-8(10(12)13)9(11)4-2/h8-9H,3-7H2,1-2H3,(H,12,13)/t8-,9+/m0/s1. The Morgan fingerprint density at radius 3 is 2.69 bits per heavy atom.